The highest BCUT2D eigenvalue weighted by molar-refractivity contribution is 8.15. The molecule has 2 amide bonds. The first-order chi connectivity index (χ1) is 13.4. The SMILES string of the molecule is Cc1cccc(NC(=O)CC2SC(=Nc3ccccc3)N(CC(C)C)C2=O)c1. The van der Waals surface area contributed by atoms with Crippen LogP contribution in [0.3, 0.4) is 0 Å². The molecule has 28 heavy (non-hydrogen) atoms. The molecule has 1 aliphatic rings. The van der Waals surface area contributed by atoms with Crippen LogP contribution in [0.1, 0.15) is 25.8 Å². The van der Waals surface area contributed by atoms with Crippen LogP contribution >= 0.6 is 11.8 Å². The number of nitrogens with zero attached hydrogens (tertiary/aromatic N) is 2. The number of benzene rings is 2. The molecular formula is C22H25N3O2S. The van der Waals surface area contributed by atoms with Gasteiger partial charge in [0.1, 0.15) is 5.25 Å². The Labute approximate surface area is 170 Å². The third kappa shape index (κ3) is 5.23. The van der Waals surface area contributed by atoms with Crippen molar-refractivity contribution >= 4 is 40.1 Å². The highest BCUT2D eigenvalue weighted by atomic mass is 32.2. The Morgan fingerprint density at radius 2 is 1.93 bits per heavy atom. The van der Waals surface area contributed by atoms with Crippen LogP contribution in [0, 0.1) is 12.8 Å². The molecule has 1 unspecified atom stereocenters. The molecule has 1 fully saturated rings. The standard InChI is InChI=1S/C22H25N3O2S/c1-15(2)14-25-21(27)19(28-22(25)24-17-9-5-4-6-10-17)13-20(26)23-18-11-7-8-16(3)12-18/h4-12,15,19H,13-14H2,1-3H3,(H,23,26). The number of hydrogen-bond acceptors (Lipinski definition) is 4. The number of aliphatic imine (C=N–C) groups is 1. The van der Waals surface area contributed by atoms with Gasteiger partial charge in [0.05, 0.1) is 5.69 Å². The van der Waals surface area contributed by atoms with Crippen molar-refractivity contribution in [3.8, 4) is 0 Å². The van der Waals surface area contributed by atoms with Crippen molar-refractivity contribution in [2.45, 2.75) is 32.4 Å². The molecule has 1 aliphatic heterocycles. The van der Waals surface area contributed by atoms with Crippen LogP contribution in [-0.4, -0.2) is 33.7 Å². The van der Waals surface area contributed by atoms with E-state index in [1.807, 2.05) is 61.5 Å². The summed E-state index contributed by atoms with van der Waals surface area (Å²) in [6.07, 6.45) is 0.125. The fourth-order valence-corrected chi connectivity index (χ4v) is 4.14. The van der Waals surface area contributed by atoms with Gasteiger partial charge < -0.3 is 5.32 Å². The molecule has 0 aliphatic carbocycles. The number of nitrogens with one attached hydrogen (secondary N) is 1. The van der Waals surface area contributed by atoms with E-state index in [9.17, 15) is 9.59 Å². The molecule has 0 saturated carbocycles. The van der Waals surface area contributed by atoms with Gasteiger partial charge in [0.2, 0.25) is 11.8 Å². The lowest BCUT2D eigenvalue weighted by atomic mass is 10.2. The summed E-state index contributed by atoms with van der Waals surface area (Å²) < 4.78 is 0. The quantitative estimate of drug-likeness (QED) is 0.777. The van der Waals surface area contributed by atoms with Crippen molar-refractivity contribution in [3.05, 3.63) is 60.2 Å². The monoisotopic (exact) mass is 395 g/mol. The van der Waals surface area contributed by atoms with Gasteiger partial charge in [0, 0.05) is 18.7 Å². The Bertz CT molecular complexity index is 880. The molecule has 3 rings (SSSR count). The summed E-state index contributed by atoms with van der Waals surface area (Å²) in [6.45, 7) is 6.70. The fraction of sp³-hybridized carbons (Fsp3) is 0.318. The maximum absolute atomic E-state index is 12.9. The molecule has 5 nitrogen and oxygen atoms in total. The highest BCUT2D eigenvalue weighted by Gasteiger charge is 2.39. The second-order valence-corrected chi connectivity index (χ2v) is 8.47. The third-order valence-electron chi connectivity index (χ3n) is 4.22. The summed E-state index contributed by atoms with van der Waals surface area (Å²) in [5, 5.41) is 3.10. The summed E-state index contributed by atoms with van der Waals surface area (Å²) >= 11 is 1.37. The minimum absolute atomic E-state index is 0.0484. The molecule has 1 saturated heterocycles. The van der Waals surface area contributed by atoms with Crippen LogP contribution in [0.4, 0.5) is 11.4 Å². The molecule has 1 N–H and O–H groups in total. The normalized spacial score (nSPS) is 18.1. The van der Waals surface area contributed by atoms with Crippen molar-refractivity contribution in [2.75, 3.05) is 11.9 Å². The fourth-order valence-electron chi connectivity index (χ4n) is 2.97. The lowest BCUT2D eigenvalue weighted by Gasteiger charge is -2.18. The summed E-state index contributed by atoms with van der Waals surface area (Å²) in [4.78, 5) is 31.8. The molecule has 2 aromatic rings. The number of aryl methyl sites for hydroxylation is 1. The Hall–Kier alpha value is -2.60. The third-order valence-corrected chi connectivity index (χ3v) is 5.40. The van der Waals surface area contributed by atoms with Crippen LogP contribution in [0.15, 0.2) is 59.6 Å². The summed E-state index contributed by atoms with van der Waals surface area (Å²) in [7, 11) is 0. The van der Waals surface area contributed by atoms with E-state index >= 15 is 0 Å². The second kappa shape index (κ2) is 9.06. The van der Waals surface area contributed by atoms with E-state index in [1.165, 1.54) is 11.8 Å². The lowest BCUT2D eigenvalue weighted by molar-refractivity contribution is -0.128. The van der Waals surface area contributed by atoms with Gasteiger partial charge in [-0.05, 0) is 42.7 Å². The molecule has 1 atom stereocenters. The average molecular weight is 396 g/mol. The van der Waals surface area contributed by atoms with E-state index in [0.717, 1.165) is 16.9 Å². The number of amides is 2. The number of carbonyl (C=O) groups is 2. The van der Waals surface area contributed by atoms with Crippen molar-refractivity contribution in [2.24, 2.45) is 10.9 Å². The van der Waals surface area contributed by atoms with Gasteiger partial charge >= 0.3 is 0 Å². The summed E-state index contributed by atoms with van der Waals surface area (Å²) in [5.74, 6) is 0.0973. The van der Waals surface area contributed by atoms with E-state index in [0.29, 0.717) is 17.6 Å². The number of anilines is 1. The van der Waals surface area contributed by atoms with E-state index in [2.05, 4.69) is 24.2 Å². The molecule has 146 valence electrons. The Kier molecular flexibility index (Phi) is 6.52. The molecule has 6 heteroatoms. The van der Waals surface area contributed by atoms with Gasteiger partial charge in [0.15, 0.2) is 5.17 Å². The van der Waals surface area contributed by atoms with Crippen molar-refractivity contribution in [1.82, 2.24) is 4.90 Å². The molecule has 0 radical (unpaired) electrons. The second-order valence-electron chi connectivity index (χ2n) is 7.30. The van der Waals surface area contributed by atoms with Crippen LogP contribution < -0.4 is 5.32 Å². The zero-order chi connectivity index (χ0) is 20.1. The molecular weight excluding hydrogens is 370 g/mol. The van der Waals surface area contributed by atoms with Gasteiger partial charge in [-0.3, -0.25) is 14.5 Å². The van der Waals surface area contributed by atoms with Gasteiger partial charge in [0.25, 0.3) is 0 Å². The minimum Gasteiger partial charge on any atom is -0.326 e. The molecule has 0 bridgehead atoms. The van der Waals surface area contributed by atoms with Crippen LogP contribution in [-0.2, 0) is 9.59 Å². The molecule has 1 heterocycles. The first kappa shape index (κ1) is 20.1. The smallest absolute Gasteiger partial charge is 0.242 e. The Morgan fingerprint density at radius 1 is 1.18 bits per heavy atom. The van der Waals surface area contributed by atoms with E-state index < -0.39 is 5.25 Å². The van der Waals surface area contributed by atoms with Gasteiger partial charge in [-0.15, -0.1) is 0 Å². The number of thioether (sulfide) groups is 1. The maximum Gasteiger partial charge on any atom is 0.242 e. The predicted octanol–water partition coefficient (Wildman–Crippen LogP) is 4.61. The summed E-state index contributed by atoms with van der Waals surface area (Å²) in [5.41, 5.74) is 2.62. The molecule has 0 spiro atoms. The number of amidine groups is 1. The summed E-state index contributed by atoms with van der Waals surface area (Å²) in [6, 6.07) is 17.2. The number of carbonyl (C=O) groups excluding carboxylic acids is 2. The number of hydrogen-bond donors (Lipinski definition) is 1. The maximum atomic E-state index is 12.9. The van der Waals surface area contributed by atoms with Crippen molar-refractivity contribution < 1.29 is 9.59 Å². The average Bonchev–Trinajstić information content (AvgIpc) is 2.91. The largest absolute Gasteiger partial charge is 0.326 e. The van der Waals surface area contributed by atoms with Gasteiger partial charge in [-0.1, -0.05) is 55.9 Å². The molecule has 2 aromatic carbocycles. The predicted molar refractivity (Wildman–Crippen MR) is 116 cm³/mol. The topological polar surface area (TPSA) is 61.8 Å². The Balaban J connectivity index is 1.73. The Morgan fingerprint density at radius 3 is 2.61 bits per heavy atom. The van der Waals surface area contributed by atoms with Crippen LogP contribution in [0.25, 0.3) is 0 Å². The number of para-hydroxylation sites is 1. The van der Waals surface area contributed by atoms with Crippen LogP contribution in [0.5, 0.6) is 0 Å². The number of rotatable bonds is 6. The first-order valence-electron chi connectivity index (χ1n) is 9.40. The lowest BCUT2D eigenvalue weighted by Crippen LogP contribution is -2.36. The highest BCUT2D eigenvalue weighted by Crippen LogP contribution is 2.32. The zero-order valence-corrected chi connectivity index (χ0v) is 17.2. The zero-order valence-electron chi connectivity index (χ0n) is 16.4. The van der Waals surface area contributed by atoms with Crippen molar-refractivity contribution in [1.29, 1.82) is 0 Å². The first-order valence-corrected chi connectivity index (χ1v) is 10.3. The molecule has 0 aromatic heterocycles. The van der Waals surface area contributed by atoms with Crippen LogP contribution in [0.2, 0.25) is 0 Å². The van der Waals surface area contributed by atoms with E-state index in [1.54, 1.807) is 4.90 Å². The van der Waals surface area contributed by atoms with E-state index in [4.69, 9.17) is 0 Å². The van der Waals surface area contributed by atoms with Gasteiger partial charge in [-0.25, -0.2) is 4.99 Å². The van der Waals surface area contributed by atoms with Gasteiger partial charge in [-0.2, -0.15) is 0 Å². The van der Waals surface area contributed by atoms with Crippen molar-refractivity contribution in [3.63, 3.8) is 0 Å². The van der Waals surface area contributed by atoms with E-state index in [-0.39, 0.29) is 18.2 Å². The minimum atomic E-state index is -0.453.